The molecule has 1 aromatic heterocycles. The van der Waals surface area contributed by atoms with Crippen LogP contribution < -0.4 is 4.90 Å². The molecule has 1 atom stereocenters. The molecule has 0 spiro atoms. The van der Waals surface area contributed by atoms with Crippen molar-refractivity contribution in [2.75, 3.05) is 11.4 Å². The summed E-state index contributed by atoms with van der Waals surface area (Å²) in [7, 11) is 0. The number of hydrogen-bond donors (Lipinski definition) is 2. The first-order valence-electron chi connectivity index (χ1n) is 4.86. The summed E-state index contributed by atoms with van der Waals surface area (Å²) in [4.78, 5) is 27.5. The summed E-state index contributed by atoms with van der Waals surface area (Å²) >= 11 is 3.14. The molecule has 90 valence electrons. The van der Waals surface area contributed by atoms with Crippen LogP contribution in [0.5, 0.6) is 5.75 Å². The zero-order chi connectivity index (χ0) is 12.6. The number of aliphatic carboxylic acids is 1. The molecular formula is C10H9BrN2O4. The molecule has 0 saturated carbocycles. The van der Waals surface area contributed by atoms with Gasteiger partial charge in [0, 0.05) is 23.6 Å². The van der Waals surface area contributed by atoms with E-state index in [9.17, 15) is 14.7 Å². The first-order valence-corrected chi connectivity index (χ1v) is 5.66. The Labute approximate surface area is 105 Å². The quantitative estimate of drug-likeness (QED) is 0.850. The van der Waals surface area contributed by atoms with E-state index in [1.54, 1.807) is 0 Å². The highest BCUT2D eigenvalue weighted by Gasteiger charge is 2.36. The minimum atomic E-state index is -1.02. The number of hydrogen-bond acceptors (Lipinski definition) is 4. The van der Waals surface area contributed by atoms with E-state index in [0.717, 1.165) is 0 Å². The largest absolute Gasteiger partial charge is 0.504 e. The molecule has 1 amide bonds. The number of carboxylic acids is 1. The first-order chi connectivity index (χ1) is 7.99. The van der Waals surface area contributed by atoms with E-state index in [-0.39, 0.29) is 30.4 Å². The maximum Gasteiger partial charge on any atom is 0.308 e. The molecule has 0 aromatic carbocycles. The summed E-state index contributed by atoms with van der Waals surface area (Å²) in [6.45, 7) is 0.0381. The van der Waals surface area contributed by atoms with Gasteiger partial charge < -0.3 is 10.2 Å². The summed E-state index contributed by atoms with van der Waals surface area (Å²) in [6, 6.07) is 1.41. The fourth-order valence-electron chi connectivity index (χ4n) is 1.71. The molecule has 1 aliphatic rings. The molecule has 0 bridgehead atoms. The van der Waals surface area contributed by atoms with Crippen molar-refractivity contribution in [1.82, 2.24) is 4.98 Å². The molecule has 1 aromatic rings. The molecule has 7 heteroatoms. The van der Waals surface area contributed by atoms with E-state index in [0.29, 0.717) is 4.47 Å². The van der Waals surface area contributed by atoms with Crippen LogP contribution in [-0.4, -0.2) is 33.6 Å². The molecule has 1 fully saturated rings. The second-order valence-electron chi connectivity index (χ2n) is 3.74. The van der Waals surface area contributed by atoms with Gasteiger partial charge in [0.05, 0.1) is 5.92 Å². The number of carbonyl (C=O) groups excluding carboxylic acids is 1. The van der Waals surface area contributed by atoms with Crippen molar-refractivity contribution in [1.29, 1.82) is 0 Å². The van der Waals surface area contributed by atoms with E-state index in [2.05, 4.69) is 20.9 Å². The second kappa shape index (κ2) is 4.33. The number of nitrogens with zero attached hydrogens (tertiary/aromatic N) is 2. The summed E-state index contributed by atoms with van der Waals surface area (Å²) in [5.41, 5.74) is 0. The molecule has 2 rings (SSSR count). The molecule has 1 aliphatic heterocycles. The molecule has 17 heavy (non-hydrogen) atoms. The molecule has 0 radical (unpaired) electrons. The maximum atomic E-state index is 11.6. The van der Waals surface area contributed by atoms with Crippen LogP contribution in [0.4, 0.5) is 5.82 Å². The molecule has 2 heterocycles. The van der Waals surface area contributed by atoms with Gasteiger partial charge in [-0.15, -0.1) is 0 Å². The van der Waals surface area contributed by atoms with E-state index in [1.165, 1.54) is 17.2 Å². The molecule has 0 aliphatic carbocycles. The Balaban J connectivity index is 2.29. The lowest BCUT2D eigenvalue weighted by Crippen LogP contribution is -2.26. The van der Waals surface area contributed by atoms with Gasteiger partial charge in [0.15, 0.2) is 11.6 Å². The Bertz CT molecular complexity index is 491. The highest BCUT2D eigenvalue weighted by atomic mass is 79.9. The monoisotopic (exact) mass is 300 g/mol. The van der Waals surface area contributed by atoms with E-state index >= 15 is 0 Å². The average molecular weight is 301 g/mol. The van der Waals surface area contributed by atoms with Crippen LogP contribution in [0.2, 0.25) is 0 Å². The number of pyridine rings is 1. The van der Waals surface area contributed by atoms with Crippen molar-refractivity contribution in [2.45, 2.75) is 6.42 Å². The minimum absolute atomic E-state index is 0.0381. The van der Waals surface area contributed by atoms with Gasteiger partial charge >= 0.3 is 5.97 Å². The average Bonchev–Trinajstić information content (AvgIpc) is 2.61. The summed E-state index contributed by atoms with van der Waals surface area (Å²) < 4.78 is 0.584. The number of carbonyl (C=O) groups is 2. The minimum Gasteiger partial charge on any atom is -0.504 e. The second-order valence-corrected chi connectivity index (χ2v) is 4.66. The van der Waals surface area contributed by atoms with E-state index < -0.39 is 11.9 Å². The number of aromatic nitrogens is 1. The van der Waals surface area contributed by atoms with Gasteiger partial charge in [-0.2, -0.15) is 0 Å². The predicted octanol–water partition coefficient (Wildman–Crippen LogP) is 0.987. The standard InChI is InChI=1S/C10H9BrN2O4/c11-6-2-7(14)9(12-3-6)13-4-5(10(16)17)1-8(13)15/h2-3,5,14H,1,4H2,(H,16,17). The van der Waals surface area contributed by atoms with Crippen LogP contribution in [0.15, 0.2) is 16.7 Å². The van der Waals surface area contributed by atoms with Crippen LogP contribution in [0.1, 0.15) is 6.42 Å². The lowest BCUT2D eigenvalue weighted by Gasteiger charge is -2.15. The van der Waals surface area contributed by atoms with Gasteiger partial charge in [0.2, 0.25) is 5.91 Å². The molecule has 1 unspecified atom stereocenters. The summed E-state index contributed by atoms with van der Waals surface area (Å²) in [6.07, 6.45) is 1.38. The Hall–Kier alpha value is -1.63. The van der Waals surface area contributed by atoms with Crippen molar-refractivity contribution < 1.29 is 19.8 Å². The fourth-order valence-corrected chi connectivity index (χ4v) is 2.03. The topological polar surface area (TPSA) is 90.7 Å². The van der Waals surface area contributed by atoms with Gasteiger partial charge in [-0.25, -0.2) is 4.98 Å². The summed E-state index contributed by atoms with van der Waals surface area (Å²) in [5.74, 6) is -2.16. The Morgan fingerprint density at radius 2 is 2.29 bits per heavy atom. The Kier molecular flexibility index (Phi) is 3.01. The highest BCUT2D eigenvalue weighted by Crippen LogP contribution is 2.31. The van der Waals surface area contributed by atoms with Crippen molar-refractivity contribution in [3.63, 3.8) is 0 Å². The molecule has 6 nitrogen and oxygen atoms in total. The van der Waals surface area contributed by atoms with Crippen LogP contribution in [-0.2, 0) is 9.59 Å². The number of anilines is 1. The maximum absolute atomic E-state index is 11.6. The molecule has 2 N–H and O–H groups in total. The Morgan fingerprint density at radius 1 is 1.59 bits per heavy atom. The lowest BCUT2D eigenvalue weighted by molar-refractivity contribution is -0.141. The number of halogens is 1. The van der Waals surface area contributed by atoms with Crippen LogP contribution in [0.25, 0.3) is 0 Å². The lowest BCUT2D eigenvalue weighted by atomic mass is 10.1. The van der Waals surface area contributed by atoms with E-state index in [4.69, 9.17) is 5.11 Å². The summed E-state index contributed by atoms with van der Waals surface area (Å²) in [5, 5.41) is 18.5. The number of amides is 1. The third-order valence-electron chi connectivity index (χ3n) is 2.54. The third-order valence-corrected chi connectivity index (χ3v) is 2.98. The number of carboxylic acid groups (broad SMARTS) is 1. The van der Waals surface area contributed by atoms with Crippen LogP contribution in [0.3, 0.4) is 0 Å². The molecular weight excluding hydrogens is 292 g/mol. The SMILES string of the molecule is O=C(O)C1CC(=O)N(c2ncc(Br)cc2O)C1. The fraction of sp³-hybridized carbons (Fsp3) is 0.300. The third kappa shape index (κ3) is 2.23. The van der Waals surface area contributed by atoms with Gasteiger partial charge in [0.1, 0.15) is 0 Å². The van der Waals surface area contributed by atoms with Gasteiger partial charge in [0.25, 0.3) is 0 Å². The normalized spacial score (nSPS) is 19.7. The highest BCUT2D eigenvalue weighted by molar-refractivity contribution is 9.10. The predicted molar refractivity (Wildman–Crippen MR) is 61.7 cm³/mol. The van der Waals surface area contributed by atoms with Crippen molar-refractivity contribution >= 4 is 33.6 Å². The first kappa shape index (κ1) is 11.8. The smallest absolute Gasteiger partial charge is 0.308 e. The zero-order valence-corrected chi connectivity index (χ0v) is 10.2. The zero-order valence-electron chi connectivity index (χ0n) is 8.63. The van der Waals surface area contributed by atoms with Crippen LogP contribution in [0, 0.1) is 5.92 Å². The van der Waals surface area contributed by atoms with Crippen LogP contribution >= 0.6 is 15.9 Å². The van der Waals surface area contributed by atoms with Gasteiger partial charge in [-0.3, -0.25) is 14.5 Å². The van der Waals surface area contributed by atoms with E-state index in [1.807, 2.05) is 0 Å². The Morgan fingerprint density at radius 3 is 2.82 bits per heavy atom. The van der Waals surface area contributed by atoms with Crippen molar-refractivity contribution in [3.8, 4) is 5.75 Å². The van der Waals surface area contributed by atoms with Crippen molar-refractivity contribution in [3.05, 3.63) is 16.7 Å². The number of rotatable bonds is 2. The number of aromatic hydroxyl groups is 1. The van der Waals surface area contributed by atoms with Gasteiger partial charge in [-0.05, 0) is 22.0 Å². The molecule has 1 saturated heterocycles. The van der Waals surface area contributed by atoms with Gasteiger partial charge in [-0.1, -0.05) is 0 Å². The van der Waals surface area contributed by atoms with Crippen molar-refractivity contribution in [2.24, 2.45) is 5.92 Å².